The molecule has 0 unspecified atom stereocenters. The van der Waals surface area contributed by atoms with Crippen LogP contribution in [0.4, 0.5) is 5.69 Å². The maximum absolute atomic E-state index is 12.8. The number of anilines is 1. The van der Waals surface area contributed by atoms with Crippen molar-refractivity contribution in [2.75, 3.05) is 32.6 Å². The van der Waals surface area contributed by atoms with Crippen molar-refractivity contribution in [3.63, 3.8) is 0 Å². The number of aromatic amines is 1. The first kappa shape index (κ1) is 21.5. The van der Waals surface area contributed by atoms with E-state index in [2.05, 4.69) is 57.8 Å². The van der Waals surface area contributed by atoms with Gasteiger partial charge in [-0.05, 0) is 35.4 Å². The van der Waals surface area contributed by atoms with Crippen LogP contribution in [0.25, 0.3) is 10.9 Å². The SMILES string of the molecule is COc1ccccc1CC(=O)NC[C@H](c1ccc(N(C)C)cc1)c1c[nH]c2ccccc12. The monoisotopic (exact) mass is 427 g/mol. The fourth-order valence-electron chi connectivity index (χ4n) is 4.09. The van der Waals surface area contributed by atoms with Gasteiger partial charge in [-0.15, -0.1) is 0 Å². The highest BCUT2D eigenvalue weighted by Gasteiger charge is 2.20. The van der Waals surface area contributed by atoms with E-state index in [-0.39, 0.29) is 18.2 Å². The molecular formula is C27H29N3O2. The molecule has 1 amide bonds. The molecule has 0 fully saturated rings. The summed E-state index contributed by atoms with van der Waals surface area (Å²) in [5.74, 6) is 0.739. The summed E-state index contributed by atoms with van der Waals surface area (Å²) >= 11 is 0. The third-order valence-electron chi connectivity index (χ3n) is 5.86. The maximum Gasteiger partial charge on any atom is 0.224 e. The lowest BCUT2D eigenvalue weighted by molar-refractivity contribution is -0.120. The Hall–Kier alpha value is -3.73. The van der Waals surface area contributed by atoms with Gasteiger partial charge in [0.15, 0.2) is 0 Å². The van der Waals surface area contributed by atoms with Crippen LogP contribution in [0.2, 0.25) is 0 Å². The molecule has 0 radical (unpaired) electrons. The Kier molecular flexibility index (Phi) is 6.45. The Bertz CT molecular complexity index is 1190. The number of nitrogens with one attached hydrogen (secondary N) is 2. The summed E-state index contributed by atoms with van der Waals surface area (Å²) in [4.78, 5) is 18.3. The summed E-state index contributed by atoms with van der Waals surface area (Å²) in [6, 6.07) is 24.4. The van der Waals surface area contributed by atoms with Crippen molar-refractivity contribution in [2.24, 2.45) is 0 Å². The number of rotatable bonds is 8. The lowest BCUT2D eigenvalue weighted by Gasteiger charge is -2.20. The fraction of sp³-hybridized carbons (Fsp3) is 0.222. The molecule has 164 valence electrons. The van der Waals surface area contributed by atoms with Gasteiger partial charge in [0, 0.05) is 54.9 Å². The number of H-pyrrole nitrogens is 1. The Morgan fingerprint density at radius 1 is 1.00 bits per heavy atom. The summed E-state index contributed by atoms with van der Waals surface area (Å²) in [5, 5.41) is 4.33. The number of fused-ring (bicyclic) bond motifs is 1. The number of nitrogens with zero attached hydrogens (tertiary/aromatic N) is 1. The zero-order valence-corrected chi connectivity index (χ0v) is 18.8. The van der Waals surface area contributed by atoms with Gasteiger partial charge in [0.05, 0.1) is 13.5 Å². The largest absolute Gasteiger partial charge is 0.496 e. The third kappa shape index (κ3) is 4.62. The van der Waals surface area contributed by atoms with Gasteiger partial charge in [0.2, 0.25) is 5.91 Å². The minimum absolute atomic E-state index is 0.0238. The highest BCUT2D eigenvalue weighted by atomic mass is 16.5. The number of carbonyl (C=O) groups is 1. The van der Waals surface area contributed by atoms with Crippen molar-refractivity contribution >= 4 is 22.5 Å². The highest BCUT2D eigenvalue weighted by molar-refractivity contribution is 5.84. The second-order valence-electron chi connectivity index (χ2n) is 8.12. The molecule has 1 heterocycles. The molecule has 4 aromatic rings. The van der Waals surface area contributed by atoms with Crippen molar-refractivity contribution in [3.8, 4) is 5.75 Å². The molecule has 0 saturated heterocycles. The number of hydrogen-bond acceptors (Lipinski definition) is 3. The van der Waals surface area contributed by atoms with E-state index >= 15 is 0 Å². The van der Waals surface area contributed by atoms with Gasteiger partial charge in [-0.3, -0.25) is 4.79 Å². The lowest BCUT2D eigenvalue weighted by atomic mass is 9.90. The van der Waals surface area contributed by atoms with Gasteiger partial charge in [-0.25, -0.2) is 0 Å². The molecule has 5 nitrogen and oxygen atoms in total. The van der Waals surface area contributed by atoms with E-state index < -0.39 is 0 Å². The number of carbonyl (C=O) groups excluding carboxylic acids is 1. The summed E-state index contributed by atoms with van der Waals surface area (Å²) in [6.07, 6.45) is 2.34. The molecule has 3 aromatic carbocycles. The van der Waals surface area contributed by atoms with Crippen molar-refractivity contribution in [2.45, 2.75) is 12.3 Å². The van der Waals surface area contributed by atoms with E-state index in [0.29, 0.717) is 6.54 Å². The Morgan fingerprint density at radius 3 is 2.47 bits per heavy atom. The summed E-state index contributed by atoms with van der Waals surface area (Å²) in [6.45, 7) is 0.511. The average Bonchev–Trinajstić information content (AvgIpc) is 3.24. The molecular weight excluding hydrogens is 398 g/mol. The first-order chi connectivity index (χ1) is 15.6. The number of para-hydroxylation sites is 2. The van der Waals surface area contributed by atoms with Gasteiger partial charge >= 0.3 is 0 Å². The minimum atomic E-state index is -0.0238. The Balaban J connectivity index is 1.59. The van der Waals surface area contributed by atoms with E-state index in [1.807, 2.05) is 50.5 Å². The summed E-state index contributed by atoms with van der Waals surface area (Å²) in [5.41, 5.74) is 5.46. The molecule has 0 aliphatic rings. The number of benzene rings is 3. The van der Waals surface area contributed by atoms with Crippen LogP contribution in [-0.4, -0.2) is 38.6 Å². The molecule has 0 spiro atoms. The molecule has 0 aliphatic heterocycles. The van der Waals surface area contributed by atoms with E-state index in [9.17, 15) is 4.79 Å². The maximum atomic E-state index is 12.8. The van der Waals surface area contributed by atoms with Gasteiger partial charge in [-0.1, -0.05) is 48.5 Å². The number of methoxy groups -OCH3 is 1. The zero-order valence-electron chi connectivity index (χ0n) is 18.8. The van der Waals surface area contributed by atoms with Gasteiger partial charge in [-0.2, -0.15) is 0 Å². The van der Waals surface area contributed by atoms with Crippen molar-refractivity contribution < 1.29 is 9.53 Å². The number of amides is 1. The number of ether oxygens (including phenoxy) is 1. The Morgan fingerprint density at radius 2 is 1.72 bits per heavy atom. The quantitative estimate of drug-likeness (QED) is 0.427. The van der Waals surface area contributed by atoms with Crippen LogP contribution in [0.1, 0.15) is 22.6 Å². The van der Waals surface area contributed by atoms with Crippen LogP contribution in [-0.2, 0) is 11.2 Å². The second kappa shape index (κ2) is 9.60. The summed E-state index contributed by atoms with van der Waals surface area (Å²) < 4.78 is 5.39. The molecule has 1 atom stereocenters. The first-order valence-electron chi connectivity index (χ1n) is 10.8. The van der Waals surface area contributed by atoms with Crippen LogP contribution in [0.5, 0.6) is 5.75 Å². The fourth-order valence-corrected chi connectivity index (χ4v) is 4.09. The molecule has 2 N–H and O–H groups in total. The standard InChI is InChI=1S/C27H29N3O2/c1-30(2)21-14-12-19(13-15-21)23(24-18-28-25-10-6-5-9-22(24)25)17-29-27(31)16-20-8-4-7-11-26(20)32-3/h4-15,18,23,28H,16-17H2,1-3H3,(H,29,31)/t23-/m1/s1. The highest BCUT2D eigenvalue weighted by Crippen LogP contribution is 2.31. The Labute approximate surface area is 189 Å². The van der Waals surface area contributed by atoms with E-state index in [1.54, 1.807) is 7.11 Å². The molecule has 0 bridgehead atoms. The van der Waals surface area contributed by atoms with E-state index in [4.69, 9.17) is 4.74 Å². The molecule has 0 saturated carbocycles. The van der Waals surface area contributed by atoms with Gasteiger partial charge in [0.1, 0.15) is 5.75 Å². The van der Waals surface area contributed by atoms with Crippen molar-refractivity contribution in [3.05, 3.63) is 95.7 Å². The number of aromatic nitrogens is 1. The predicted molar refractivity (Wildman–Crippen MR) is 131 cm³/mol. The number of hydrogen-bond donors (Lipinski definition) is 2. The molecule has 1 aromatic heterocycles. The van der Waals surface area contributed by atoms with Crippen LogP contribution in [0.3, 0.4) is 0 Å². The minimum Gasteiger partial charge on any atom is -0.496 e. The average molecular weight is 428 g/mol. The molecule has 4 rings (SSSR count). The first-order valence-corrected chi connectivity index (χ1v) is 10.8. The van der Waals surface area contributed by atoms with Crippen LogP contribution in [0, 0.1) is 0 Å². The third-order valence-corrected chi connectivity index (χ3v) is 5.86. The predicted octanol–water partition coefficient (Wildman–Crippen LogP) is 4.73. The van der Waals surface area contributed by atoms with Gasteiger partial charge < -0.3 is 19.9 Å². The van der Waals surface area contributed by atoms with Crippen molar-refractivity contribution in [1.29, 1.82) is 0 Å². The lowest BCUT2D eigenvalue weighted by Crippen LogP contribution is -2.30. The van der Waals surface area contributed by atoms with Crippen LogP contribution >= 0.6 is 0 Å². The van der Waals surface area contributed by atoms with Crippen molar-refractivity contribution in [1.82, 2.24) is 10.3 Å². The molecule has 32 heavy (non-hydrogen) atoms. The molecule has 0 aliphatic carbocycles. The van der Waals surface area contributed by atoms with E-state index in [1.165, 1.54) is 10.9 Å². The molecule has 5 heteroatoms. The van der Waals surface area contributed by atoms with E-state index in [0.717, 1.165) is 28.1 Å². The van der Waals surface area contributed by atoms with Crippen LogP contribution in [0.15, 0.2) is 79.0 Å². The van der Waals surface area contributed by atoms with Gasteiger partial charge in [0.25, 0.3) is 0 Å². The topological polar surface area (TPSA) is 57.4 Å². The second-order valence-corrected chi connectivity index (χ2v) is 8.12. The zero-order chi connectivity index (χ0) is 22.5. The smallest absolute Gasteiger partial charge is 0.224 e. The normalized spacial score (nSPS) is 11.8. The van der Waals surface area contributed by atoms with Crippen LogP contribution < -0.4 is 15.0 Å². The summed E-state index contributed by atoms with van der Waals surface area (Å²) in [7, 11) is 5.69.